The molecule has 2 aromatic heterocycles. The summed E-state index contributed by atoms with van der Waals surface area (Å²) in [5.74, 6) is 1.70. The molecule has 0 radical (unpaired) electrons. The van der Waals surface area contributed by atoms with Crippen LogP contribution in [0.2, 0.25) is 0 Å². The van der Waals surface area contributed by atoms with Crippen LogP contribution in [0.5, 0.6) is 0 Å². The third kappa shape index (κ3) is 2.82. The fraction of sp³-hybridized carbons (Fsp3) is 0.538. The van der Waals surface area contributed by atoms with Gasteiger partial charge in [0.15, 0.2) is 11.5 Å². The van der Waals surface area contributed by atoms with Crippen molar-refractivity contribution in [3.63, 3.8) is 0 Å². The third-order valence-corrected chi connectivity index (χ3v) is 2.90. The maximum absolute atomic E-state index is 4.24. The van der Waals surface area contributed by atoms with Gasteiger partial charge in [-0.15, -0.1) is 10.2 Å². The van der Waals surface area contributed by atoms with Gasteiger partial charge in [-0.05, 0) is 37.9 Å². The molecule has 2 aromatic rings. The van der Waals surface area contributed by atoms with Gasteiger partial charge in [0.05, 0.1) is 6.04 Å². The second-order valence-corrected chi connectivity index (χ2v) is 4.85. The number of pyridine rings is 1. The lowest BCUT2D eigenvalue weighted by molar-refractivity contribution is 0.483. The molecule has 1 atom stereocenters. The molecule has 0 unspecified atom stereocenters. The van der Waals surface area contributed by atoms with Crippen LogP contribution < -0.4 is 5.32 Å². The molecule has 0 amide bonds. The maximum atomic E-state index is 4.24. The van der Waals surface area contributed by atoms with Crippen molar-refractivity contribution in [2.45, 2.75) is 33.2 Å². The van der Waals surface area contributed by atoms with Crippen LogP contribution >= 0.6 is 0 Å². The number of rotatable bonds is 5. The Bertz CT molecular complexity index is 475. The monoisotopic (exact) mass is 232 g/mol. The molecule has 1 N–H and O–H groups in total. The molecule has 2 heterocycles. The van der Waals surface area contributed by atoms with E-state index in [1.165, 1.54) is 6.42 Å². The molecular formula is C13H20N4. The van der Waals surface area contributed by atoms with Crippen molar-refractivity contribution in [1.29, 1.82) is 0 Å². The molecule has 2 rings (SSSR count). The minimum absolute atomic E-state index is 0.228. The average Bonchev–Trinajstić information content (AvgIpc) is 2.72. The van der Waals surface area contributed by atoms with E-state index in [4.69, 9.17) is 0 Å². The minimum Gasteiger partial charge on any atom is -0.308 e. The fourth-order valence-corrected chi connectivity index (χ4v) is 1.83. The van der Waals surface area contributed by atoms with Crippen LogP contribution in [-0.4, -0.2) is 21.1 Å². The van der Waals surface area contributed by atoms with Gasteiger partial charge in [-0.2, -0.15) is 0 Å². The zero-order chi connectivity index (χ0) is 12.3. The highest BCUT2D eigenvalue weighted by Gasteiger charge is 2.12. The Morgan fingerprint density at radius 1 is 1.24 bits per heavy atom. The van der Waals surface area contributed by atoms with E-state index in [1.807, 2.05) is 28.8 Å². The quantitative estimate of drug-likeness (QED) is 0.861. The molecule has 4 heteroatoms. The summed E-state index contributed by atoms with van der Waals surface area (Å²) in [7, 11) is 0. The summed E-state index contributed by atoms with van der Waals surface area (Å²) < 4.78 is 2.03. The lowest BCUT2D eigenvalue weighted by Crippen LogP contribution is -2.22. The summed E-state index contributed by atoms with van der Waals surface area (Å²) in [4.78, 5) is 0. The SMILES string of the molecule is CC(C)CCN[C@@H](C)c1nnc2ccccn12. The first-order valence-electron chi connectivity index (χ1n) is 6.21. The van der Waals surface area contributed by atoms with Crippen LogP contribution in [0.4, 0.5) is 0 Å². The van der Waals surface area contributed by atoms with Gasteiger partial charge in [-0.1, -0.05) is 19.9 Å². The first-order chi connectivity index (χ1) is 8.18. The second kappa shape index (κ2) is 5.27. The summed E-state index contributed by atoms with van der Waals surface area (Å²) in [6.45, 7) is 7.61. The zero-order valence-corrected chi connectivity index (χ0v) is 10.7. The van der Waals surface area contributed by atoms with E-state index in [1.54, 1.807) is 0 Å². The van der Waals surface area contributed by atoms with E-state index >= 15 is 0 Å². The van der Waals surface area contributed by atoms with Gasteiger partial charge >= 0.3 is 0 Å². The van der Waals surface area contributed by atoms with Crippen molar-refractivity contribution < 1.29 is 0 Å². The maximum Gasteiger partial charge on any atom is 0.160 e. The van der Waals surface area contributed by atoms with E-state index in [2.05, 4.69) is 36.3 Å². The molecule has 0 aromatic carbocycles. The molecule has 17 heavy (non-hydrogen) atoms. The van der Waals surface area contributed by atoms with Crippen molar-refractivity contribution in [2.24, 2.45) is 5.92 Å². The highest BCUT2D eigenvalue weighted by molar-refractivity contribution is 5.37. The molecule has 0 aliphatic carbocycles. The zero-order valence-electron chi connectivity index (χ0n) is 10.7. The summed E-state index contributed by atoms with van der Waals surface area (Å²) >= 11 is 0. The van der Waals surface area contributed by atoms with Crippen molar-refractivity contribution in [3.8, 4) is 0 Å². The van der Waals surface area contributed by atoms with Crippen LogP contribution in [0, 0.1) is 5.92 Å². The Balaban J connectivity index is 2.06. The molecule has 0 fully saturated rings. The Kier molecular flexibility index (Phi) is 3.74. The normalized spacial score (nSPS) is 13.4. The Labute approximate surface area is 102 Å². The average molecular weight is 232 g/mol. The topological polar surface area (TPSA) is 42.2 Å². The molecule has 0 saturated carbocycles. The lowest BCUT2D eigenvalue weighted by atomic mass is 10.1. The number of fused-ring (bicyclic) bond motifs is 1. The molecule has 0 bridgehead atoms. The highest BCUT2D eigenvalue weighted by Crippen LogP contribution is 2.11. The molecule has 4 nitrogen and oxygen atoms in total. The number of nitrogens with zero attached hydrogens (tertiary/aromatic N) is 3. The van der Waals surface area contributed by atoms with Crippen LogP contribution in [0.15, 0.2) is 24.4 Å². The second-order valence-electron chi connectivity index (χ2n) is 4.85. The predicted molar refractivity (Wildman–Crippen MR) is 68.9 cm³/mol. The van der Waals surface area contributed by atoms with E-state index in [0.29, 0.717) is 0 Å². The summed E-state index contributed by atoms with van der Waals surface area (Å²) in [6.07, 6.45) is 3.19. The number of hydrogen-bond donors (Lipinski definition) is 1. The Morgan fingerprint density at radius 2 is 2.06 bits per heavy atom. The first kappa shape index (κ1) is 12.0. The number of aromatic nitrogens is 3. The lowest BCUT2D eigenvalue weighted by Gasteiger charge is -2.13. The molecule has 0 aliphatic heterocycles. The van der Waals surface area contributed by atoms with Gasteiger partial charge in [0.1, 0.15) is 0 Å². The Morgan fingerprint density at radius 3 is 2.82 bits per heavy atom. The molecule has 0 aliphatic rings. The van der Waals surface area contributed by atoms with Gasteiger partial charge in [-0.25, -0.2) is 0 Å². The Hall–Kier alpha value is -1.42. The smallest absolute Gasteiger partial charge is 0.160 e. The summed E-state index contributed by atoms with van der Waals surface area (Å²) in [5.41, 5.74) is 0.903. The van der Waals surface area contributed by atoms with Crippen molar-refractivity contribution in [2.75, 3.05) is 6.54 Å². The minimum atomic E-state index is 0.228. The van der Waals surface area contributed by atoms with Gasteiger partial charge in [-0.3, -0.25) is 4.40 Å². The van der Waals surface area contributed by atoms with Crippen molar-refractivity contribution in [1.82, 2.24) is 19.9 Å². The van der Waals surface area contributed by atoms with Gasteiger partial charge in [0, 0.05) is 6.20 Å². The molecule has 0 spiro atoms. The van der Waals surface area contributed by atoms with Crippen LogP contribution in [-0.2, 0) is 0 Å². The standard InChI is InChI=1S/C13H20N4/c1-10(2)7-8-14-11(3)13-16-15-12-6-4-5-9-17(12)13/h4-6,9-11,14H,7-8H2,1-3H3/t11-/m0/s1. The van der Waals surface area contributed by atoms with Gasteiger partial charge < -0.3 is 5.32 Å². The van der Waals surface area contributed by atoms with Gasteiger partial charge in [0.25, 0.3) is 0 Å². The molecular weight excluding hydrogens is 212 g/mol. The van der Waals surface area contributed by atoms with Crippen LogP contribution in [0.25, 0.3) is 5.65 Å². The predicted octanol–water partition coefficient (Wildman–Crippen LogP) is 2.43. The number of hydrogen-bond acceptors (Lipinski definition) is 3. The van der Waals surface area contributed by atoms with Gasteiger partial charge in [0.2, 0.25) is 0 Å². The third-order valence-electron chi connectivity index (χ3n) is 2.90. The summed E-state index contributed by atoms with van der Waals surface area (Å²) in [5, 5.41) is 11.9. The van der Waals surface area contributed by atoms with E-state index in [9.17, 15) is 0 Å². The van der Waals surface area contributed by atoms with E-state index in [-0.39, 0.29) is 6.04 Å². The van der Waals surface area contributed by atoms with Crippen molar-refractivity contribution >= 4 is 5.65 Å². The van der Waals surface area contributed by atoms with E-state index in [0.717, 1.165) is 23.9 Å². The van der Waals surface area contributed by atoms with Crippen LogP contribution in [0.1, 0.15) is 39.1 Å². The first-order valence-corrected chi connectivity index (χ1v) is 6.21. The number of nitrogens with one attached hydrogen (secondary N) is 1. The van der Waals surface area contributed by atoms with Crippen molar-refractivity contribution in [3.05, 3.63) is 30.2 Å². The fourth-order valence-electron chi connectivity index (χ4n) is 1.83. The highest BCUT2D eigenvalue weighted by atomic mass is 15.3. The van der Waals surface area contributed by atoms with E-state index < -0.39 is 0 Å². The van der Waals surface area contributed by atoms with Crippen LogP contribution in [0.3, 0.4) is 0 Å². The summed E-state index contributed by atoms with van der Waals surface area (Å²) in [6, 6.07) is 6.18. The molecule has 0 saturated heterocycles. The molecule has 92 valence electrons. The largest absolute Gasteiger partial charge is 0.308 e.